The van der Waals surface area contributed by atoms with Crippen LogP contribution in [-0.4, -0.2) is 34.9 Å². The van der Waals surface area contributed by atoms with Gasteiger partial charge >= 0.3 is 0 Å². The Morgan fingerprint density at radius 2 is 2.44 bits per heavy atom. The third kappa shape index (κ3) is 3.23. The maximum atomic E-state index is 12.0. The van der Waals surface area contributed by atoms with Gasteiger partial charge in [-0.05, 0) is 17.9 Å². The van der Waals surface area contributed by atoms with E-state index in [0.717, 1.165) is 6.42 Å². The van der Waals surface area contributed by atoms with Crippen molar-refractivity contribution in [2.75, 3.05) is 13.1 Å². The fourth-order valence-electron chi connectivity index (χ4n) is 1.31. The molecule has 1 aromatic heterocycles. The van der Waals surface area contributed by atoms with Crippen LogP contribution in [0.15, 0.2) is 22.7 Å². The van der Waals surface area contributed by atoms with Crippen molar-refractivity contribution in [1.82, 2.24) is 4.90 Å². The van der Waals surface area contributed by atoms with E-state index in [1.165, 1.54) is 11.3 Å². The largest absolute Gasteiger partial charge is 0.409 e. The highest BCUT2D eigenvalue weighted by molar-refractivity contribution is 7.12. The Hall–Kier alpha value is -1.56. The summed E-state index contributed by atoms with van der Waals surface area (Å²) in [7, 11) is 0. The molecule has 0 saturated heterocycles. The van der Waals surface area contributed by atoms with Gasteiger partial charge in [-0.2, -0.15) is 0 Å². The van der Waals surface area contributed by atoms with Gasteiger partial charge in [-0.25, -0.2) is 0 Å². The molecular weight excluding hydrogens is 226 g/mol. The number of amides is 1. The second-order valence-corrected chi connectivity index (χ2v) is 4.24. The monoisotopic (exact) mass is 241 g/mol. The predicted molar refractivity (Wildman–Crippen MR) is 63.9 cm³/mol. The lowest BCUT2D eigenvalue weighted by Crippen LogP contribution is -2.38. The Morgan fingerprint density at radius 3 is 2.94 bits per heavy atom. The lowest BCUT2D eigenvalue weighted by molar-refractivity contribution is 0.0783. The van der Waals surface area contributed by atoms with Gasteiger partial charge in [-0.3, -0.25) is 4.79 Å². The SMILES string of the molecule is CCCN(CC(N)=NO)C(=O)c1cccs1. The highest BCUT2D eigenvalue weighted by Gasteiger charge is 2.16. The molecule has 5 nitrogen and oxygen atoms in total. The average molecular weight is 241 g/mol. The minimum absolute atomic E-state index is 0.0401. The second kappa shape index (κ2) is 6.12. The summed E-state index contributed by atoms with van der Waals surface area (Å²) in [5.41, 5.74) is 5.40. The quantitative estimate of drug-likeness (QED) is 0.353. The zero-order valence-electron chi connectivity index (χ0n) is 9.09. The molecule has 1 aromatic rings. The standard InChI is InChI=1S/C10H15N3O2S/c1-2-5-13(7-9(11)12-15)10(14)8-4-3-6-16-8/h3-4,6,15H,2,5,7H2,1H3,(H2,11,12). The summed E-state index contributed by atoms with van der Waals surface area (Å²) in [5, 5.41) is 13.2. The molecular formula is C10H15N3O2S. The van der Waals surface area contributed by atoms with Gasteiger partial charge < -0.3 is 15.8 Å². The minimum atomic E-state index is -0.0801. The number of amidine groups is 1. The summed E-state index contributed by atoms with van der Waals surface area (Å²) >= 11 is 1.39. The first-order chi connectivity index (χ1) is 7.69. The van der Waals surface area contributed by atoms with Gasteiger partial charge in [0.1, 0.15) is 0 Å². The van der Waals surface area contributed by atoms with Crippen LogP contribution in [0.5, 0.6) is 0 Å². The van der Waals surface area contributed by atoms with E-state index in [2.05, 4.69) is 5.16 Å². The summed E-state index contributed by atoms with van der Waals surface area (Å²) in [6, 6.07) is 3.59. The Bertz CT molecular complexity index is 362. The number of thiophene rings is 1. The number of carbonyl (C=O) groups excluding carboxylic acids is 1. The van der Waals surface area contributed by atoms with Gasteiger partial charge in [0.05, 0.1) is 11.4 Å². The Kier molecular flexibility index (Phi) is 4.78. The highest BCUT2D eigenvalue weighted by Crippen LogP contribution is 2.12. The van der Waals surface area contributed by atoms with Crippen LogP contribution >= 0.6 is 11.3 Å². The molecule has 6 heteroatoms. The molecule has 0 spiro atoms. The number of nitrogens with zero attached hydrogens (tertiary/aromatic N) is 2. The van der Waals surface area contributed by atoms with E-state index in [4.69, 9.17) is 10.9 Å². The number of rotatable bonds is 5. The summed E-state index contributed by atoms with van der Waals surface area (Å²) in [4.78, 5) is 14.2. The van der Waals surface area contributed by atoms with Crippen molar-refractivity contribution in [1.29, 1.82) is 0 Å². The Morgan fingerprint density at radius 1 is 1.69 bits per heavy atom. The van der Waals surface area contributed by atoms with E-state index >= 15 is 0 Å². The second-order valence-electron chi connectivity index (χ2n) is 3.30. The molecule has 0 unspecified atom stereocenters. The van der Waals surface area contributed by atoms with Crippen molar-refractivity contribution in [3.05, 3.63) is 22.4 Å². The molecule has 16 heavy (non-hydrogen) atoms. The van der Waals surface area contributed by atoms with Crippen molar-refractivity contribution < 1.29 is 10.0 Å². The third-order valence-electron chi connectivity index (χ3n) is 1.99. The van der Waals surface area contributed by atoms with Crippen LogP contribution in [0.3, 0.4) is 0 Å². The van der Waals surface area contributed by atoms with Gasteiger partial charge in [-0.1, -0.05) is 18.1 Å². The van der Waals surface area contributed by atoms with Crippen molar-refractivity contribution in [2.24, 2.45) is 10.9 Å². The van der Waals surface area contributed by atoms with E-state index in [1.54, 1.807) is 11.0 Å². The van der Waals surface area contributed by atoms with Gasteiger partial charge in [-0.15, -0.1) is 11.3 Å². The molecule has 1 amide bonds. The zero-order chi connectivity index (χ0) is 12.0. The van der Waals surface area contributed by atoms with E-state index in [-0.39, 0.29) is 18.3 Å². The van der Waals surface area contributed by atoms with E-state index in [0.29, 0.717) is 11.4 Å². The summed E-state index contributed by atoms with van der Waals surface area (Å²) in [6.45, 7) is 2.72. The topological polar surface area (TPSA) is 78.9 Å². The zero-order valence-corrected chi connectivity index (χ0v) is 9.91. The van der Waals surface area contributed by atoms with Crippen LogP contribution in [-0.2, 0) is 0 Å². The highest BCUT2D eigenvalue weighted by atomic mass is 32.1. The number of hydrogen-bond acceptors (Lipinski definition) is 4. The van der Waals surface area contributed by atoms with E-state index in [9.17, 15) is 4.79 Å². The summed E-state index contributed by atoms with van der Waals surface area (Å²) in [5.74, 6) is -0.0400. The lowest BCUT2D eigenvalue weighted by atomic mass is 10.3. The average Bonchev–Trinajstić information content (AvgIpc) is 2.80. The van der Waals surface area contributed by atoms with Crippen molar-refractivity contribution in [3.63, 3.8) is 0 Å². The van der Waals surface area contributed by atoms with Crippen LogP contribution in [0.2, 0.25) is 0 Å². The molecule has 0 atom stereocenters. The fraction of sp³-hybridized carbons (Fsp3) is 0.400. The first-order valence-electron chi connectivity index (χ1n) is 4.98. The van der Waals surface area contributed by atoms with Gasteiger partial charge in [0.25, 0.3) is 5.91 Å². The van der Waals surface area contributed by atoms with Crippen LogP contribution in [0.4, 0.5) is 0 Å². The smallest absolute Gasteiger partial charge is 0.264 e. The number of oxime groups is 1. The van der Waals surface area contributed by atoms with E-state index < -0.39 is 0 Å². The van der Waals surface area contributed by atoms with Crippen molar-refractivity contribution in [3.8, 4) is 0 Å². The summed E-state index contributed by atoms with van der Waals surface area (Å²) < 4.78 is 0. The van der Waals surface area contributed by atoms with Crippen molar-refractivity contribution in [2.45, 2.75) is 13.3 Å². The van der Waals surface area contributed by atoms with Crippen LogP contribution < -0.4 is 5.73 Å². The molecule has 0 radical (unpaired) electrons. The summed E-state index contributed by atoms with van der Waals surface area (Å²) in [6.07, 6.45) is 0.829. The van der Waals surface area contributed by atoms with Crippen LogP contribution in [0, 0.1) is 0 Å². The molecule has 0 saturated carbocycles. The van der Waals surface area contributed by atoms with Gasteiger partial charge in [0, 0.05) is 6.54 Å². The fourth-order valence-corrected chi connectivity index (χ4v) is 2.00. The third-order valence-corrected chi connectivity index (χ3v) is 2.85. The molecule has 1 heterocycles. The molecule has 3 N–H and O–H groups in total. The normalized spacial score (nSPS) is 11.4. The molecule has 0 fully saturated rings. The minimum Gasteiger partial charge on any atom is -0.409 e. The first-order valence-corrected chi connectivity index (χ1v) is 5.86. The Labute approximate surface area is 98.2 Å². The molecule has 0 aliphatic rings. The van der Waals surface area contributed by atoms with Crippen LogP contribution in [0.1, 0.15) is 23.0 Å². The number of nitrogens with two attached hydrogens (primary N) is 1. The molecule has 0 bridgehead atoms. The molecule has 0 aromatic carbocycles. The van der Waals surface area contributed by atoms with Gasteiger partial charge in [0.15, 0.2) is 5.84 Å². The number of carbonyl (C=O) groups is 1. The maximum absolute atomic E-state index is 12.0. The van der Waals surface area contributed by atoms with Crippen molar-refractivity contribution >= 4 is 23.1 Å². The van der Waals surface area contributed by atoms with Gasteiger partial charge in [0.2, 0.25) is 0 Å². The molecule has 88 valence electrons. The predicted octanol–water partition coefficient (Wildman–Crippen LogP) is 1.35. The number of hydrogen-bond donors (Lipinski definition) is 2. The lowest BCUT2D eigenvalue weighted by Gasteiger charge is -2.20. The van der Waals surface area contributed by atoms with Crippen LogP contribution in [0.25, 0.3) is 0 Å². The molecule has 1 rings (SSSR count). The van der Waals surface area contributed by atoms with E-state index in [1.807, 2.05) is 18.4 Å². The maximum Gasteiger partial charge on any atom is 0.264 e. The Balaban J connectivity index is 2.73. The molecule has 0 aliphatic heterocycles. The molecule has 0 aliphatic carbocycles. The first kappa shape index (κ1) is 12.5.